The molecule has 1 N–H and O–H groups in total. The lowest BCUT2D eigenvalue weighted by Crippen LogP contribution is -2.41. The first-order valence-electron chi connectivity index (χ1n) is 3.34. The number of aliphatic carboxylic acids is 1. The first-order chi connectivity index (χ1) is 5.07. The number of allylic oxidation sites excluding steroid dienone is 1. The largest absolute Gasteiger partial charge is 0.480 e. The molecule has 0 radical (unpaired) electrons. The van der Waals surface area contributed by atoms with Crippen LogP contribution in [0.25, 0.3) is 0 Å². The zero-order chi connectivity index (χ0) is 8.48. The molecule has 0 amide bonds. The van der Waals surface area contributed by atoms with Gasteiger partial charge >= 0.3 is 5.97 Å². The molecule has 3 nitrogen and oxygen atoms in total. The van der Waals surface area contributed by atoms with Crippen LogP contribution in [-0.4, -0.2) is 25.8 Å². The number of carbonyl (C=O) groups is 1. The van der Waals surface area contributed by atoms with Gasteiger partial charge in [-0.05, 0) is 13.3 Å². The van der Waals surface area contributed by atoms with Crippen LogP contribution in [0.2, 0.25) is 0 Å². The van der Waals surface area contributed by atoms with E-state index in [0.717, 1.165) is 0 Å². The second-order valence-electron chi connectivity index (χ2n) is 2.72. The van der Waals surface area contributed by atoms with Gasteiger partial charge < -0.3 is 5.11 Å². The summed E-state index contributed by atoms with van der Waals surface area (Å²) in [4.78, 5) is 10.7. The Balaban J connectivity index is 2.93. The fourth-order valence-corrected chi connectivity index (χ4v) is 2.08. The second-order valence-corrected chi connectivity index (χ2v) is 4.65. The molecule has 1 unspecified atom stereocenters. The number of hydrogen-bond acceptors (Lipinski definition) is 2. The van der Waals surface area contributed by atoms with Gasteiger partial charge in [-0.25, -0.2) is 0 Å². The molecule has 0 bridgehead atoms. The smallest absolute Gasteiger partial charge is 0.322 e. The fourth-order valence-electron chi connectivity index (χ4n) is 0.925. The molecule has 0 aromatic heterocycles. The third-order valence-electron chi connectivity index (χ3n) is 1.88. The van der Waals surface area contributed by atoms with Gasteiger partial charge in [0.15, 0.2) is 0 Å². The van der Waals surface area contributed by atoms with Crippen LogP contribution >= 0.6 is 0 Å². The molecule has 1 rings (SSSR count). The van der Waals surface area contributed by atoms with Crippen molar-refractivity contribution in [3.8, 4) is 0 Å². The van der Waals surface area contributed by atoms with Crippen molar-refractivity contribution in [2.75, 3.05) is 5.75 Å². The molecule has 11 heavy (non-hydrogen) atoms. The highest BCUT2D eigenvalue weighted by Crippen LogP contribution is 2.23. The number of carboxylic acid groups (broad SMARTS) is 1. The Kier molecular flexibility index (Phi) is 2.13. The molecule has 1 aliphatic heterocycles. The van der Waals surface area contributed by atoms with E-state index in [1.807, 2.05) is 0 Å². The minimum absolute atomic E-state index is 0.364. The maximum atomic E-state index is 11.2. The van der Waals surface area contributed by atoms with E-state index in [-0.39, 0.29) is 0 Å². The molecule has 0 spiro atoms. The second kappa shape index (κ2) is 2.77. The fraction of sp³-hybridized carbons (Fsp3) is 0.571. The predicted molar refractivity (Wildman–Crippen MR) is 42.8 cm³/mol. The molecule has 0 saturated heterocycles. The van der Waals surface area contributed by atoms with Crippen LogP contribution in [0.1, 0.15) is 13.3 Å². The van der Waals surface area contributed by atoms with Gasteiger partial charge in [0.2, 0.25) is 0 Å². The third kappa shape index (κ3) is 1.35. The van der Waals surface area contributed by atoms with Crippen LogP contribution in [0.4, 0.5) is 0 Å². The Morgan fingerprint density at radius 2 is 2.27 bits per heavy atom. The summed E-state index contributed by atoms with van der Waals surface area (Å²) in [5, 5.41) is 8.74. The Hall–Kier alpha value is -0.640. The van der Waals surface area contributed by atoms with Crippen molar-refractivity contribution in [2.45, 2.75) is 18.1 Å². The predicted octanol–water partition coefficient (Wildman–Crippen LogP) is 0.538. The van der Waals surface area contributed by atoms with E-state index in [4.69, 9.17) is 5.11 Å². The average Bonchev–Trinajstić information content (AvgIpc) is 1.95. The van der Waals surface area contributed by atoms with Gasteiger partial charge in [-0.3, -0.25) is 9.00 Å². The monoisotopic (exact) mass is 174 g/mol. The zero-order valence-corrected chi connectivity index (χ0v) is 7.06. The maximum Gasteiger partial charge on any atom is 0.322 e. The number of hydrogen-bond donors (Lipinski definition) is 1. The number of carboxylic acids is 1. The summed E-state index contributed by atoms with van der Waals surface area (Å²) in [6.07, 6.45) is 3.91. The lowest BCUT2D eigenvalue weighted by atomic mass is 10.1. The highest BCUT2D eigenvalue weighted by molar-refractivity contribution is 7.87. The van der Waals surface area contributed by atoms with Crippen molar-refractivity contribution in [2.24, 2.45) is 0 Å². The third-order valence-corrected chi connectivity index (χ3v) is 3.72. The lowest BCUT2D eigenvalue weighted by Gasteiger charge is -2.24. The SMILES string of the molecule is C[C@]1(C(=O)O)CC=CCS1=O. The average molecular weight is 174 g/mol. The molecule has 1 heterocycles. The highest BCUT2D eigenvalue weighted by Gasteiger charge is 2.39. The summed E-state index contributed by atoms with van der Waals surface area (Å²) in [6, 6.07) is 0. The van der Waals surface area contributed by atoms with Crippen LogP contribution in [-0.2, 0) is 15.6 Å². The van der Waals surface area contributed by atoms with Gasteiger partial charge in [-0.1, -0.05) is 12.2 Å². The summed E-state index contributed by atoms with van der Waals surface area (Å²) >= 11 is 0. The molecule has 2 atom stereocenters. The molecule has 0 fully saturated rings. The minimum Gasteiger partial charge on any atom is -0.480 e. The van der Waals surface area contributed by atoms with Crippen molar-refractivity contribution >= 4 is 16.8 Å². The van der Waals surface area contributed by atoms with Crippen molar-refractivity contribution in [3.63, 3.8) is 0 Å². The van der Waals surface area contributed by atoms with E-state index in [1.54, 1.807) is 12.2 Å². The first-order valence-corrected chi connectivity index (χ1v) is 4.66. The van der Waals surface area contributed by atoms with Crippen LogP contribution in [0.5, 0.6) is 0 Å². The van der Waals surface area contributed by atoms with Gasteiger partial charge in [0.25, 0.3) is 0 Å². The van der Waals surface area contributed by atoms with Crippen molar-refractivity contribution < 1.29 is 14.1 Å². The molecular weight excluding hydrogens is 164 g/mol. The van der Waals surface area contributed by atoms with Gasteiger partial charge in [-0.2, -0.15) is 0 Å². The lowest BCUT2D eigenvalue weighted by molar-refractivity contribution is -0.139. The first kappa shape index (κ1) is 8.46. The standard InChI is InChI=1S/C7H10O3S/c1-7(6(8)9)4-2-3-5-11(7)10/h2-3H,4-5H2,1H3,(H,8,9)/t7-,11?/m1/s1. The molecule has 4 heteroatoms. The van der Waals surface area contributed by atoms with E-state index in [9.17, 15) is 9.00 Å². The van der Waals surface area contributed by atoms with Crippen molar-refractivity contribution in [1.82, 2.24) is 0 Å². The molecular formula is C7H10O3S. The van der Waals surface area contributed by atoms with Crippen LogP contribution < -0.4 is 0 Å². The maximum absolute atomic E-state index is 11.2. The number of rotatable bonds is 1. The summed E-state index contributed by atoms with van der Waals surface area (Å²) in [7, 11) is -1.26. The minimum atomic E-state index is -1.26. The van der Waals surface area contributed by atoms with Crippen LogP contribution in [0.15, 0.2) is 12.2 Å². The molecule has 0 aliphatic carbocycles. The topological polar surface area (TPSA) is 54.4 Å². The van der Waals surface area contributed by atoms with Gasteiger partial charge in [0.1, 0.15) is 4.75 Å². The zero-order valence-electron chi connectivity index (χ0n) is 6.24. The molecule has 0 saturated carbocycles. The molecule has 62 valence electrons. The Morgan fingerprint density at radius 1 is 1.64 bits per heavy atom. The summed E-state index contributed by atoms with van der Waals surface area (Å²) in [5.41, 5.74) is 0. The van der Waals surface area contributed by atoms with E-state index < -0.39 is 21.5 Å². The van der Waals surface area contributed by atoms with Gasteiger partial charge in [0, 0.05) is 16.6 Å². The van der Waals surface area contributed by atoms with Crippen LogP contribution in [0, 0.1) is 0 Å². The van der Waals surface area contributed by atoms with Crippen LogP contribution in [0.3, 0.4) is 0 Å². The normalized spacial score (nSPS) is 37.0. The Morgan fingerprint density at radius 3 is 2.64 bits per heavy atom. The molecule has 1 aliphatic rings. The Bertz CT molecular complexity index is 234. The molecule has 0 aromatic rings. The highest BCUT2D eigenvalue weighted by atomic mass is 32.2. The van der Waals surface area contributed by atoms with Crippen molar-refractivity contribution in [3.05, 3.63) is 12.2 Å². The van der Waals surface area contributed by atoms with E-state index >= 15 is 0 Å². The summed E-state index contributed by atoms with van der Waals surface area (Å²) < 4.78 is 10.2. The van der Waals surface area contributed by atoms with Crippen molar-refractivity contribution in [1.29, 1.82) is 0 Å². The van der Waals surface area contributed by atoms with Gasteiger partial charge in [0.05, 0.1) is 0 Å². The molecule has 0 aromatic carbocycles. The van der Waals surface area contributed by atoms with Gasteiger partial charge in [-0.15, -0.1) is 0 Å². The summed E-state index contributed by atoms with van der Waals surface area (Å²) in [5.74, 6) is -0.608. The van der Waals surface area contributed by atoms with E-state index in [1.165, 1.54) is 6.92 Å². The Labute approximate surface area is 67.6 Å². The van der Waals surface area contributed by atoms with E-state index in [2.05, 4.69) is 0 Å². The summed E-state index contributed by atoms with van der Waals surface area (Å²) in [6.45, 7) is 1.52. The quantitative estimate of drug-likeness (QED) is 0.590. The van der Waals surface area contributed by atoms with E-state index in [0.29, 0.717) is 12.2 Å².